The van der Waals surface area contributed by atoms with E-state index in [0.29, 0.717) is 13.1 Å². The topological polar surface area (TPSA) is 79.2 Å². The van der Waals surface area contributed by atoms with E-state index in [1.807, 2.05) is 84.1 Å². The van der Waals surface area contributed by atoms with Crippen LogP contribution in [-0.4, -0.2) is 75.3 Å². The molecule has 0 saturated heterocycles. The lowest BCUT2D eigenvalue weighted by Crippen LogP contribution is -2.72. The summed E-state index contributed by atoms with van der Waals surface area (Å²) in [6.45, 7) is 1.85. The summed E-state index contributed by atoms with van der Waals surface area (Å²) >= 11 is 0. The zero-order valence-corrected chi connectivity index (χ0v) is 14.8. The van der Waals surface area contributed by atoms with Crippen LogP contribution in [0.4, 0.5) is 11.4 Å². The van der Waals surface area contributed by atoms with Crippen molar-refractivity contribution in [2.75, 3.05) is 63.9 Å². The fraction of sp³-hybridized carbons (Fsp3) is 0.471. The molecule has 0 aliphatic heterocycles. The molecule has 1 aromatic rings. The lowest BCUT2D eigenvalue weighted by atomic mass is 10.2. The van der Waals surface area contributed by atoms with Crippen LogP contribution >= 0.6 is 0 Å². The summed E-state index contributed by atoms with van der Waals surface area (Å²) < 4.78 is 0. The monoisotopic (exact) mass is 336 g/mol. The van der Waals surface area contributed by atoms with E-state index in [1.165, 1.54) is 0 Å². The van der Waals surface area contributed by atoms with E-state index in [0.717, 1.165) is 17.9 Å². The average Bonchev–Trinajstić information content (AvgIpc) is 2.60. The largest absolute Gasteiger partial charge is 0.395 e. The zero-order valence-electron chi connectivity index (χ0n) is 14.8. The van der Waals surface area contributed by atoms with Gasteiger partial charge in [0, 0.05) is 39.1 Å². The van der Waals surface area contributed by atoms with Crippen LogP contribution in [0.15, 0.2) is 41.8 Å². The Bertz CT molecular complexity index is 498. The Morgan fingerprint density at radius 1 is 1.04 bits per heavy atom. The number of rotatable bonds is 11. The Hall–Kier alpha value is -2.09. The van der Waals surface area contributed by atoms with Crippen molar-refractivity contribution in [1.82, 2.24) is 4.90 Å². The summed E-state index contributed by atoms with van der Waals surface area (Å²) in [4.78, 5) is 3.99. The van der Waals surface area contributed by atoms with Crippen LogP contribution in [0.3, 0.4) is 0 Å². The van der Waals surface area contributed by atoms with E-state index < -0.39 is 0 Å². The van der Waals surface area contributed by atoms with Gasteiger partial charge in [-0.05, 0) is 24.3 Å². The number of nitrogens with zero attached hydrogens (tertiary/aromatic N) is 4. The van der Waals surface area contributed by atoms with Crippen LogP contribution in [0.1, 0.15) is 0 Å². The molecule has 7 nitrogen and oxygen atoms in total. The first kappa shape index (κ1) is 20.0. The molecule has 24 heavy (non-hydrogen) atoms. The van der Waals surface area contributed by atoms with E-state index >= 15 is 0 Å². The van der Waals surface area contributed by atoms with Gasteiger partial charge in [-0.2, -0.15) is 5.10 Å². The molecule has 0 fully saturated rings. The third-order valence-corrected chi connectivity index (χ3v) is 3.49. The summed E-state index contributed by atoms with van der Waals surface area (Å²) in [6.07, 6.45) is 5.84. The van der Waals surface area contributed by atoms with Gasteiger partial charge in [-0.1, -0.05) is 0 Å². The van der Waals surface area contributed by atoms with Crippen LogP contribution in [0, 0.1) is 0 Å². The number of hydrazone groups is 1. The molecule has 0 bridgehead atoms. The Balaban J connectivity index is 2.62. The van der Waals surface area contributed by atoms with Crippen molar-refractivity contribution in [3.8, 4) is 0 Å². The van der Waals surface area contributed by atoms with Crippen molar-refractivity contribution in [3.05, 3.63) is 36.7 Å². The van der Waals surface area contributed by atoms with Crippen molar-refractivity contribution in [2.45, 2.75) is 0 Å². The van der Waals surface area contributed by atoms with Crippen LogP contribution in [0.2, 0.25) is 0 Å². The van der Waals surface area contributed by atoms with Gasteiger partial charge in [0.05, 0.1) is 38.7 Å². The number of nitrogens with two attached hydrogens (primary N) is 1. The molecule has 0 aliphatic carbocycles. The maximum absolute atomic E-state index is 9.10. The molecule has 0 heterocycles. The minimum atomic E-state index is 0.0592. The third-order valence-electron chi connectivity index (χ3n) is 3.49. The van der Waals surface area contributed by atoms with Crippen molar-refractivity contribution in [1.29, 1.82) is 0 Å². The van der Waals surface area contributed by atoms with Crippen molar-refractivity contribution >= 4 is 17.6 Å². The average molecular weight is 336 g/mol. The maximum atomic E-state index is 9.10. The molecule has 0 saturated carbocycles. The fourth-order valence-electron chi connectivity index (χ4n) is 2.14. The summed E-state index contributed by atoms with van der Waals surface area (Å²) in [6, 6.07) is 7.89. The number of hydrogen-bond donors (Lipinski definition) is 3. The van der Waals surface area contributed by atoms with Crippen LogP contribution < -0.4 is 15.2 Å². The molecule has 0 aliphatic rings. The van der Waals surface area contributed by atoms with Crippen LogP contribution in [0.25, 0.3) is 0 Å². The number of aliphatic hydroxyl groups excluding tert-OH is 2. The van der Waals surface area contributed by atoms with E-state index in [-0.39, 0.29) is 13.2 Å². The summed E-state index contributed by atoms with van der Waals surface area (Å²) in [7, 11) is 5.89. The number of anilines is 2. The van der Waals surface area contributed by atoms with Crippen LogP contribution in [0.5, 0.6) is 0 Å². The highest BCUT2D eigenvalue weighted by atomic mass is 16.3. The molecular weight excluding hydrogens is 306 g/mol. The standard InChI is InChI=1S/C17H29N5O2/c1-18-8-10-20(2)11-9-19-21(3)16-4-6-17(7-5-16)22(12-14-23)13-15-24/h4-10,18,23-24H,11-15H2,1-3H3/p+1/b10-8-,19-9+. The van der Waals surface area contributed by atoms with Gasteiger partial charge in [-0.3, -0.25) is 5.01 Å². The summed E-state index contributed by atoms with van der Waals surface area (Å²) in [5.74, 6) is 0. The second kappa shape index (κ2) is 11.4. The molecule has 1 rings (SSSR count). The quantitative estimate of drug-likeness (QED) is 0.375. The summed E-state index contributed by atoms with van der Waals surface area (Å²) in [5.41, 5.74) is 1.95. The van der Waals surface area contributed by atoms with Gasteiger partial charge < -0.3 is 25.3 Å². The Kier molecular flexibility index (Phi) is 9.52. The first-order valence-corrected chi connectivity index (χ1v) is 8.11. The first-order valence-electron chi connectivity index (χ1n) is 8.11. The Morgan fingerprint density at radius 3 is 2.17 bits per heavy atom. The molecule has 134 valence electrons. The molecule has 4 N–H and O–H groups in total. The minimum absolute atomic E-state index is 0.0592. The minimum Gasteiger partial charge on any atom is -0.395 e. The summed E-state index contributed by atoms with van der Waals surface area (Å²) in [5, 5.41) is 26.4. The highest BCUT2D eigenvalue weighted by Crippen LogP contribution is 2.20. The first-order chi connectivity index (χ1) is 11.6. The number of quaternary nitrogens is 1. The number of hydrogen-bond acceptors (Lipinski definition) is 6. The molecule has 0 atom stereocenters. The van der Waals surface area contributed by atoms with Crippen molar-refractivity contribution < 1.29 is 15.5 Å². The van der Waals surface area contributed by atoms with Crippen molar-refractivity contribution in [2.24, 2.45) is 5.10 Å². The SMILES string of the molecule is C[NH2+]/C=C\N(C)C/C=N/N(C)c1ccc(N(CCO)CCO)cc1. The number of aliphatic hydroxyl groups is 2. The Labute approximate surface area is 144 Å². The lowest BCUT2D eigenvalue weighted by molar-refractivity contribution is -0.557. The molecule has 1 aromatic carbocycles. The van der Waals surface area contributed by atoms with Gasteiger partial charge in [0.1, 0.15) is 6.20 Å². The van der Waals surface area contributed by atoms with Gasteiger partial charge in [0.15, 0.2) is 0 Å². The van der Waals surface area contributed by atoms with Gasteiger partial charge in [-0.15, -0.1) is 0 Å². The normalized spacial score (nSPS) is 11.4. The van der Waals surface area contributed by atoms with E-state index in [2.05, 4.69) is 5.10 Å². The molecule has 0 amide bonds. The predicted molar refractivity (Wildman–Crippen MR) is 99.3 cm³/mol. The van der Waals surface area contributed by atoms with E-state index in [4.69, 9.17) is 10.2 Å². The highest BCUT2D eigenvalue weighted by Gasteiger charge is 2.06. The Morgan fingerprint density at radius 2 is 1.62 bits per heavy atom. The smallest absolute Gasteiger partial charge is 0.108 e. The van der Waals surface area contributed by atoms with Gasteiger partial charge >= 0.3 is 0 Å². The second-order valence-electron chi connectivity index (χ2n) is 5.39. The van der Waals surface area contributed by atoms with Gasteiger partial charge in [0.25, 0.3) is 0 Å². The van der Waals surface area contributed by atoms with E-state index in [9.17, 15) is 0 Å². The molecule has 0 spiro atoms. The highest BCUT2D eigenvalue weighted by molar-refractivity contribution is 5.63. The lowest BCUT2D eigenvalue weighted by Gasteiger charge is -2.23. The third kappa shape index (κ3) is 6.99. The predicted octanol–water partition coefficient (Wildman–Crippen LogP) is -0.504. The van der Waals surface area contributed by atoms with Gasteiger partial charge in [-0.25, -0.2) is 0 Å². The molecule has 0 aromatic heterocycles. The van der Waals surface area contributed by atoms with Gasteiger partial charge in [0.2, 0.25) is 0 Å². The van der Waals surface area contributed by atoms with Crippen LogP contribution in [-0.2, 0) is 0 Å². The van der Waals surface area contributed by atoms with E-state index in [1.54, 1.807) is 0 Å². The molecule has 7 heteroatoms. The maximum Gasteiger partial charge on any atom is 0.108 e. The second-order valence-corrected chi connectivity index (χ2v) is 5.39. The number of benzene rings is 1. The fourth-order valence-corrected chi connectivity index (χ4v) is 2.14. The zero-order chi connectivity index (χ0) is 17.8. The molecular formula is C17H30N5O2+. The molecule has 0 unspecified atom stereocenters. The van der Waals surface area contributed by atoms with Crippen molar-refractivity contribution in [3.63, 3.8) is 0 Å². The molecule has 0 radical (unpaired) electrons.